The monoisotopic (exact) mass is 247 g/mol. The molecule has 1 unspecified atom stereocenters. The highest BCUT2D eigenvalue weighted by molar-refractivity contribution is 5.42. The lowest BCUT2D eigenvalue weighted by molar-refractivity contribution is -0.155. The van der Waals surface area contributed by atoms with Crippen molar-refractivity contribution >= 4 is 11.6 Å². The molecule has 1 aliphatic heterocycles. The molecule has 5 nitrogen and oxygen atoms in total. The molecule has 94 valence electrons. The molecule has 3 N–H and O–H groups in total. The first-order valence-electron chi connectivity index (χ1n) is 5.11. The Kier molecular flexibility index (Phi) is 3.05. The van der Waals surface area contributed by atoms with Crippen LogP contribution >= 0.6 is 0 Å². The third-order valence-electron chi connectivity index (χ3n) is 2.57. The van der Waals surface area contributed by atoms with Crippen molar-refractivity contribution in [3.05, 3.63) is 12.1 Å². The Balaban J connectivity index is 2.09. The molecule has 0 amide bonds. The van der Waals surface area contributed by atoms with Crippen LogP contribution < -0.4 is 16.0 Å². The van der Waals surface area contributed by atoms with Crippen molar-refractivity contribution in [1.29, 1.82) is 0 Å². The van der Waals surface area contributed by atoms with Gasteiger partial charge in [0.2, 0.25) is 0 Å². The molecule has 8 heteroatoms. The van der Waals surface area contributed by atoms with Crippen LogP contribution in [0.1, 0.15) is 0 Å². The number of nitrogens with one attached hydrogen (secondary N) is 1. The van der Waals surface area contributed by atoms with Crippen molar-refractivity contribution in [2.75, 3.05) is 30.3 Å². The zero-order valence-corrected chi connectivity index (χ0v) is 8.91. The molecular formula is C9H12F3N5. The highest BCUT2D eigenvalue weighted by atomic mass is 19.4. The number of rotatable bonds is 1. The number of piperazine rings is 1. The largest absolute Gasteiger partial charge is 0.405 e. The zero-order valence-electron chi connectivity index (χ0n) is 8.91. The summed E-state index contributed by atoms with van der Waals surface area (Å²) in [5.41, 5.74) is 5.37. The molecule has 1 aromatic rings. The Morgan fingerprint density at radius 1 is 1.35 bits per heavy atom. The molecule has 1 fully saturated rings. The van der Waals surface area contributed by atoms with Gasteiger partial charge in [-0.1, -0.05) is 0 Å². The van der Waals surface area contributed by atoms with Crippen molar-refractivity contribution in [1.82, 2.24) is 15.5 Å². The zero-order chi connectivity index (χ0) is 12.5. The lowest BCUT2D eigenvalue weighted by Crippen LogP contribution is -2.57. The lowest BCUT2D eigenvalue weighted by atomic mass is 10.2. The van der Waals surface area contributed by atoms with Crippen LogP contribution in [-0.2, 0) is 0 Å². The maximum absolute atomic E-state index is 12.5. The third kappa shape index (κ3) is 2.76. The van der Waals surface area contributed by atoms with Gasteiger partial charge in [0.25, 0.3) is 0 Å². The molecule has 0 saturated carbocycles. The highest BCUT2D eigenvalue weighted by Gasteiger charge is 2.42. The number of aromatic nitrogens is 2. The van der Waals surface area contributed by atoms with Gasteiger partial charge >= 0.3 is 6.18 Å². The summed E-state index contributed by atoms with van der Waals surface area (Å²) in [5.74, 6) is 0.659. The molecule has 1 atom stereocenters. The molecular weight excluding hydrogens is 235 g/mol. The van der Waals surface area contributed by atoms with Crippen molar-refractivity contribution in [3.63, 3.8) is 0 Å². The minimum atomic E-state index is -4.25. The van der Waals surface area contributed by atoms with E-state index < -0.39 is 12.2 Å². The molecule has 17 heavy (non-hydrogen) atoms. The molecule has 0 aliphatic carbocycles. The number of hydrogen-bond donors (Lipinski definition) is 2. The molecule has 1 aliphatic rings. The summed E-state index contributed by atoms with van der Waals surface area (Å²) in [6, 6.07) is 1.56. The molecule has 0 spiro atoms. The van der Waals surface area contributed by atoms with Gasteiger partial charge in [0.15, 0.2) is 5.82 Å². The number of nitrogens with zero attached hydrogens (tertiary/aromatic N) is 3. The number of alkyl halides is 3. The molecule has 0 radical (unpaired) electrons. The fourth-order valence-corrected chi connectivity index (χ4v) is 1.68. The number of hydrogen-bond acceptors (Lipinski definition) is 5. The van der Waals surface area contributed by atoms with Gasteiger partial charge in [-0.15, -0.1) is 10.2 Å². The topological polar surface area (TPSA) is 67.1 Å². The van der Waals surface area contributed by atoms with Gasteiger partial charge in [0.1, 0.15) is 11.9 Å². The van der Waals surface area contributed by atoms with Gasteiger partial charge < -0.3 is 16.0 Å². The fourth-order valence-electron chi connectivity index (χ4n) is 1.68. The minimum Gasteiger partial charge on any atom is -0.382 e. The summed E-state index contributed by atoms with van der Waals surface area (Å²) >= 11 is 0. The lowest BCUT2D eigenvalue weighted by Gasteiger charge is -2.34. The van der Waals surface area contributed by atoms with Crippen LogP contribution in [0.15, 0.2) is 12.1 Å². The Labute approximate surface area is 95.8 Å². The van der Waals surface area contributed by atoms with Gasteiger partial charge in [-0.05, 0) is 12.1 Å². The van der Waals surface area contributed by atoms with Gasteiger partial charge in [0.05, 0.1) is 0 Å². The number of halogens is 3. The first-order valence-corrected chi connectivity index (χ1v) is 5.11. The maximum atomic E-state index is 12.5. The van der Waals surface area contributed by atoms with Crippen LogP contribution in [0, 0.1) is 0 Å². The summed E-state index contributed by atoms with van der Waals surface area (Å²) in [6.07, 6.45) is -4.25. The minimum absolute atomic E-state index is 0.165. The van der Waals surface area contributed by atoms with Crippen molar-refractivity contribution < 1.29 is 13.2 Å². The van der Waals surface area contributed by atoms with Crippen molar-refractivity contribution in [2.24, 2.45) is 0 Å². The summed E-state index contributed by atoms with van der Waals surface area (Å²) < 4.78 is 37.6. The van der Waals surface area contributed by atoms with Crippen LogP contribution in [-0.4, -0.2) is 42.0 Å². The van der Waals surface area contributed by atoms with E-state index >= 15 is 0 Å². The molecule has 1 saturated heterocycles. The van der Waals surface area contributed by atoms with Crippen molar-refractivity contribution in [3.8, 4) is 0 Å². The number of nitrogen functional groups attached to an aromatic ring is 1. The van der Waals surface area contributed by atoms with E-state index in [9.17, 15) is 13.2 Å². The summed E-state index contributed by atoms with van der Waals surface area (Å²) in [7, 11) is 0. The summed E-state index contributed by atoms with van der Waals surface area (Å²) in [6.45, 7) is 0.559. The molecule has 0 aromatic carbocycles. The SMILES string of the molecule is Nc1ccc(N2CCNC(C(F)(F)F)C2)nn1. The average molecular weight is 247 g/mol. The van der Waals surface area contributed by atoms with Gasteiger partial charge in [-0.25, -0.2) is 0 Å². The van der Waals surface area contributed by atoms with Gasteiger partial charge in [-0.2, -0.15) is 13.2 Å². The fraction of sp³-hybridized carbons (Fsp3) is 0.556. The Bertz CT molecular complexity index is 377. The van der Waals surface area contributed by atoms with Gasteiger partial charge in [0, 0.05) is 19.6 Å². The second-order valence-corrected chi connectivity index (χ2v) is 3.81. The van der Waals surface area contributed by atoms with Crippen LogP contribution in [0.3, 0.4) is 0 Å². The first-order chi connectivity index (χ1) is 7.97. The number of anilines is 2. The van der Waals surface area contributed by atoms with E-state index in [1.54, 1.807) is 11.0 Å². The van der Waals surface area contributed by atoms with Gasteiger partial charge in [-0.3, -0.25) is 0 Å². The molecule has 2 rings (SSSR count). The first kappa shape index (κ1) is 11.9. The summed E-state index contributed by atoms with van der Waals surface area (Å²) in [5, 5.41) is 9.83. The van der Waals surface area contributed by atoms with Crippen LogP contribution in [0.25, 0.3) is 0 Å². The second kappa shape index (κ2) is 4.36. The summed E-state index contributed by atoms with van der Waals surface area (Å²) in [4.78, 5) is 1.54. The molecule has 2 heterocycles. The Morgan fingerprint density at radius 3 is 2.71 bits per heavy atom. The molecule has 1 aromatic heterocycles. The van der Waals surface area contributed by atoms with E-state index in [-0.39, 0.29) is 18.9 Å². The van der Waals surface area contributed by atoms with Crippen molar-refractivity contribution in [2.45, 2.75) is 12.2 Å². The number of nitrogens with two attached hydrogens (primary N) is 1. The van der Waals surface area contributed by atoms with E-state index in [1.165, 1.54) is 6.07 Å². The average Bonchev–Trinajstić information content (AvgIpc) is 2.29. The highest BCUT2D eigenvalue weighted by Crippen LogP contribution is 2.24. The van der Waals surface area contributed by atoms with E-state index in [4.69, 9.17) is 5.73 Å². The Morgan fingerprint density at radius 2 is 2.12 bits per heavy atom. The second-order valence-electron chi connectivity index (χ2n) is 3.81. The van der Waals surface area contributed by atoms with Crippen LogP contribution in [0.5, 0.6) is 0 Å². The van der Waals surface area contributed by atoms with Crippen LogP contribution in [0.2, 0.25) is 0 Å². The predicted octanol–water partition coefficient (Wildman–Crippen LogP) is 0.399. The molecule has 0 bridgehead atoms. The van der Waals surface area contributed by atoms with E-state index in [0.717, 1.165) is 0 Å². The normalized spacial score (nSPS) is 21.6. The predicted molar refractivity (Wildman–Crippen MR) is 56.5 cm³/mol. The smallest absolute Gasteiger partial charge is 0.382 e. The van der Waals surface area contributed by atoms with E-state index in [2.05, 4.69) is 15.5 Å². The quantitative estimate of drug-likeness (QED) is 0.752. The standard InChI is InChI=1S/C9H12F3N5/c10-9(11,12)6-5-17(4-3-14-6)8-2-1-7(13)15-16-8/h1-2,6,14H,3-5H2,(H2,13,15). The third-order valence-corrected chi connectivity index (χ3v) is 2.57. The van der Waals surface area contributed by atoms with E-state index in [0.29, 0.717) is 12.4 Å². The van der Waals surface area contributed by atoms with E-state index in [1.807, 2.05) is 0 Å². The maximum Gasteiger partial charge on any atom is 0.405 e. The van der Waals surface area contributed by atoms with Crippen LogP contribution in [0.4, 0.5) is 24.8 Å². The Hall–Kier alpha value is -1.57.